The first-order valence-electron chi connectivity index (χ1n) is 13.6. The number of carbonyl (C=O) groups excluding carboxylic acids is 2. The molecule has 0 aliphatic rings. The Morgan fingerprint density at radius 3 is 2.08 bits per heavy atom. The molecule has 0 saturated heterocycles. The maximum Gasteiger partial charge on any atom is 0.345 e. The van der Waals surface area contributed by atoms with Crippen LogP contribution in [0.3, 0.4) is 0 Å². The fourth-order valence-electron chi connectivity index (χ4n) is 4.01. The van der Waals surface area contributed by atoms with Crippen LogP contribution in [0.25, 0.3) is 0 Å². The van der Waals surface area contributed by atoms with Crippen molar-refractivity contribution in [3.63, 3.8) is 0 Å². The van der Waals surface area contributed by atoms with Crippen LogP contribution in [-0.2, 0) is 4.79 Å². The molecule has 0 radical (unpaired) electrons. The number of hydrogen-bond donors (Lipinski definition) is 1. The largest absolute Gasteiger partial charge is 0.423 e. The maximum atomic E-state index is 12.4. The van der Waals surface area contributed by atoms with Crippen LogP contribution < -0.4 is 10.2 Å². The Morgan fingerprint density at radius 2 is 1.46 bits per heavy atom. The number of nitrogens with one attached hydrogen (secondary N) is 1. The Bertz CT molecular complexity index is 995. The van der Waals surface area contributed by atoms with Gasteiger partial charge in [-0.25, -0.2) is 10.2 Å². The molecular formula is C30H40Cl2N2O3. The Kier molecular flexibility index (Phi) is 15.7. The lowest BCUT2D eigenvalue weighted by molar-refractivity contribution is -0.121. The third-order valence-electron chi connectivity index (χ3n) is 6.13. The third kappa shape index (κ3) is 13.7. The molecule has 37 heavy (non-hydrogen) atoms. The fourth-order valence-corrected chi connectivity index (χ4v) is 4.50. The topological polar surface area (TPSA) is 67.8 Å². The molecule has 5 nitrogen and oxygen atoms in total. The lowest BCUT2D eigenvalue weighted by Crippen LogP contribution is -2.16. The van der Waals surface area contributed by atoms with Crippen LogP contribution in [-0.4, -0.2) is 18.1 Å². The first kappa shape index (κ1) is 30.9. The van der Waals surface area contributed by atoms with E-state index in [4.69, 9.17) is 27.9 Å². The summed E-state index contributed by atoms with van der Waals surface area (Å²) in [6.07, 6.45) is 18.6. The normalized spacial score (nSPS) is 11.1. The van der Waals surface area contributed by atoms with Crippen molar-refractivity contribution in [1.29, 1.82) is 0 Å². The molecule has 0 aliphatic carbocycles. The second kappa shape index (κ2) is 18.8. The number of nitrogens with zero attached hydrogens (tertiary/aromatic N) is 1. The summed E-state index contributed by atoms with van der Waals surface area (Å²) in [5.41, 5.74) is 3.48. The van der Waals surface area contributed by atoms with Crippen molar-refractivity contribution in [3.8, 4) is 5.75 Å². The minimum atomic E-state index is -0.582. The minimum Gasteiger partial charge on any atom is -0.423 e. The van der Waals surface area contributed by atoms with E-state index >= 15 is 0 Å². The molecule has 0 atom stereocenters. The zero-order valence-electron chi connectivity index (χ0n) is 21.9. The van der Waals surface area contributed by atoms with Gasteiger partial charge < -0.3 is 4.74 Å². The molecule has 2 aromatic rings. The molecule has 2 rings (SSSR count). The molecule has 0 fully saturated rings. The Morgan fingerprint density at radius 1 is 0.838 bits per heavy atom. The first-order chi connectivity index (χ1) is 18.0. The van der Waals surface area contributed by atoms with Gasteiger partial charge in [0.2, 0.25) is 5.91 Å². The molecule has 1 amide bonds. The standard InChI is InChI=1S/C30H40Cl2N2O3/c1-2-3-4-5-6-7-8-9-10-11-12-13-14-18-29(35)34-33-23-24-16-15-17-26(21-24)37-30(36)27-20-19-25(31)22-28(27)32/h15-17,19-23H,2-14,18H2,1H3,(H,34,35)/b33-23-. The number of halogens is 2. The average Bonchev–Trinajstić information content (AvgIpc) is 2.87. The third-order valence-corrected chi connectivity index (χ3v) is 6.68. The molecule has 0 aliphatic heterocycles. The zero-order valence-corrected chi connectivity index (χ0v) is 23.5. The number of rotatable bonds is 18. The van der Waals surface area contributed by atoms with Crippen molar-refractivity contribution in [2.75, 3.05) is 0 Å². The summed E-state index contributed by atoms with van der Waals surface area (Å²) in [5.74, 6) is -0.334. The lowest BCUT2D eigenvalue weighted by atomic mass is 10.0. The van der Waals surface area contributed by atoms with Gasteiger partial charge >= 0.3 is 5.97 Å². The van der Waals surface area contributed by atoms with Crippen molar-refractivity contribution >= 4 is 41.3 Å². The van der Waals surface area contributed by atoms with Crippen LogP contribution in [0, 0.1) is 0 Å². The van der Waals surface area contributed by atoms with Crippen molar-refractivity contribution in [1.82, 2.24) is 5.43 Å². The molecule has 7 heteroatoms. The summed E-state index contributed by atoms with van der Waals surface area (Å²) >= 11 is 11.9. The lowest BCUT2D eigenvalue weighted by Gasteiger charge is -2.07. The van der Waals surface area contributed by atoms with Crippen molar-refractivity contribution in [2.24, 2.45) is 5.10 Å². The van der Waals surface area contributed by atoms with Gasteiger partial charge in [0.05, 0.1) is 16.8 Å². The van der Waals surface area contributed by atoms with Crippen molar-refractivity contribution in [3.05, 3.63) is 63.6 Å². The van der Waals surface area contributed by atoms with Gasteiger partial charge in [0.25, 0.3) is 0 Å². The molecule has 2 aromatic carbocycles. The first-order valence-corrected chi connectivity index (χ1v) is 14.3. The van der Waals surface area contributed by atoms with Crippen LogP contribution in [0.2, 0.25) is 10.0 Å². The molecular weight excluding hydrogens is 507 g/mol. The van der Waals surface area contributed by atoms with Crippen LogP contribution in [0.1, 0.15) is 113 Å². The number of hydrogen-bond acceptors (Lipinski definition) is 4. The van der Waals surface area contributed by atoms with E-state index in [1.807, 2.05) is 0 Å². The molecule has 1 N–H and O–H groups in total. The van der Waals surface area contributed by atoms with Gasteiger partial charge in [-0.05, 0) is 42.3 Å². The number of unbranched alkanes of at least 4 members (excludes halogenated alkanes) is 12. The highest BCUT2D eigenvalue weighted by molar-refractivity contribution is 6.36. The summed E-state index contributed by atoms with van der Waals surface area (Å²) < 4.78 is 5.40. The molecule has 0 saturated carbocycles. The number of ether oxygens (including phenoxy) is 1. The molecule has 0 spiro atoms. The highest BCUT2D eigenvalue weighted by Gasteiger charge is 2.13. The van der Waals surface area contributed by atoms with E-state index in [1.165, 1.54) is 89.0 Å². The minimum absolute atomic E-state index is 0.0979. The van der Waals surface area contributed by atoms with Gasteiger partial charge in [-0.15, -0.1) is 0 Å². The molecule has 0 unspecified atom stereocenters. The van der Waals surface area contributed by atoms with E-state index in [0.29, 0.717) is 22.8 Å². The van der Waals surface area contributed by atoms with Gasteiger partial charge in [-0.3, -0.25) is 4.79 Å². The van der Waals surface area contributed by atoms with Gasteiger partial charge in [0.15, 0.2) is 0 Å². The van der Waals surface area contributed by atoms with E-state index in [0.717, 1.165) is 12.8 Å². The predicted octanol–water partition coefficient (Wildman–Crippen LogP) is 9.14. The number of hydrazone groups is 1. The summed E-state index contributed by atoms with van der Waals surface area (Å²) in [4.78, 5) is 24.4. The van der Waals surface area contributed by atoms with Gasteiger partial charge in [-0.2, -0.15) is 5.10 Å². The Hall–Kier alpha value is -2.37. The van der Waals surface area contributed by atoms with Gasteiger partial charge in [-0.1, -0.05) is 119 Å². The van der Waals surface area contributed by atoms with E-state index in [2.05, 4.69) is 17.5 Å². The van der Waals surface area contributed by atoms with Crippen LogP contribution in [0.5, 0.6) is 5.75 Å². The van der Waals surface area contributed by atoms with Crippen LogP contribution in [0.15, 0.2) is 47.6 Å². The highest BCUT2D eigenvalue weighted by atomic mass is 35.5. The van der Waals surface area contributed by atoms with E-state index in [1.54, 1.807) is 30.3 Å². The summed E-state index contributed by atoms with van der Waals surface area (Å²) in [5, 5.41) is 4.69. The van der Waals surface area contributed by atoms with E-state index in [-0.39, 0.29) is 16.5 Å². The zero-order chi connectivity index (χ0) is 26.7. The molecule has 0 heterocycles. The SMILES string of the molecule is CCCCCCCCCCCCCCCC(=O)N/N=C\c1cccc(OC(=O)c2ccc(Cl)cc2Cl)c1. The molecule has 202 valence electrons. The second-order valence-corrected chi connectivity index (χ2v) is 10.2. The average molecular weight is 548 g/mol. The number of esters is 1. The second-order valence-electron chi connectivity index (χ2n) is 9.37. The van der Waals surface area contributed by atoms with Gasteiger partial charge in [0.1, 0.15) is 5.75 Å². The maximum absolute atomic E-state index is 12.4. The fraction of sp³-hybridized carbons (Fsp3) is 0.500. The number of carbonyl (C=O) groups is 2. The quantitative estimate of drug-likeness (QED) is 0.0665. The van der Waals surface area contributed by atoms with E-state index < -0.39 is 5.97 Å². The summed E-state index contributed by atoms with van der Waals surface area (Å²) in [6, 6.07) is 11.4. The highest BCUT2D eigenvalue weighted by Crippen LogP contribution is 2.23. The smallest absolute Gasteiger partial charge is 0.345 e. The van der Waals surface area contributed by atoms with Crippen molar-refractivity contribution in [2.45, 2.75) is 96.8 Å². The Balaban J connectivity index is 1.57. The monoisotopic (exact) mass is 546 g/mol. The number of amides is 1. The van der Waals surface area contributed by atoms with Crippen LogP contribution in [0.4, 0.5) is 0 Å². The predicted molar refractivity (Wildman–Crippen MR) is 154 cm³/mol. The van der Waals surface area contributed by atoms with E-state index in [9.17, 15) is 9.59 Å². The summed E-state index contributed by atoms with van der Waals surface area (Å²) in [6.45, 7) is 2.26. The van der Waals surface area contributed by atoms with Gasteiger partial charge in [0, 0.05) is 11.4 Å². The molecule has 0 bridgehead atoms. The Labute approximate surface area is 232 Å². The number of benzene rings is 2. The molecule has 0 aromatic heterocycles. The van der Waals surface area contributed by atoms with Crippen molar-refractivity contribution < 1.29 is 14.3 Å². The van der Waals surface area contributed by atoms with Crippen LogP contribution >= 0.6 is 23.2 Å². The summed E-state index contributed by atoms with van der Waals surface area (Å²) in [7, 11) is 0.